The third-order valence-electron chi connectivity index (χ3n) is 2.32. The van der Waals surface area contributed by atoms with Gasteiger partial charge in [-0.25, -0.2) is 0 Å². The fourth-order valence-corrected chi connectivity index (χ4v) is 1.52. The molecular weight excluding hydrogens is 164 g/mol. The number of phenols is 1. The minimum Gasteiger partial charge on any atom is -0.508 e. The van der Waals surface area contributed by atoms with E-state index in [2.05, 4.69) is 6.58 Å². The monoisotopic (exact) mass is 176 g/mol. The topological polar surface area (TPSA) is 29.5 Å². The average Bonchev–Trinajstić information content (AvgIpc) is 2.49. The van der Waals surface area contributed by atoms with Crippen LogP contribution in [0.15, 0.2) is 30.4 Å². The molecule has 0 saturated heterocycles. The smallest absolute Gasteiger partial charge is 0.127 e. The second-order valence-electron chi connectivity index (χ2n) is 3.41. The molecule has 2 nitrogen and oxygen atoms in total. The molecule has 0 saturated carbocycles. The zero-order valence-electron chi connectivity index (χ0n) is 7.58. The van der Waals surface area contributed by atoms with Crippen molar-refractivity contribution in [2.75, 3.05) is 0 Å². The Labute approximate surface area is 77.5 Å². The molecule has 0 radical (unpaired) electrons. The zero-order chi connectivity index (χ0) is 9.42. The van der Waals surface area contributed by atoms with Crippen LogP contribution in [0.5, 0.6) is 11.5 Å². The Bertz CT molecular complexity index is 355. The van der Waals surface area contributed by atoms with Crippen LogP contribution in [0.2, 0.25) is 0 Å². The van der Waals surface area contributed by atoms with Gasteiger partial charge in [0.15, 0.2) is 0 Å². The van der Waals surface area contributed by atoms with Crippen LogP contribution >= 0.6 is 0 Å². The number of rotatable bonds is 1. The number of benzene rings is 1. The minimum atomic E-state index is 0.0308. The second kappa shape index (κ2) is 2.80. The van der Waals surface area contributed by atoms with Gasteiger partial charge in [-0.15, -0.1) is 0 Å². The molecule has 0 aliphatic carbocycles. The van der Waals surface area contributed by atoms with Crippen molar-refractivity contribution in [3.8, 4) is 11.5 Å². The van der Waals surface area contributed by atoms with E-state index in [0.29, 0.717) is 5.75 Å². The molecule has 0 bridgehead atoms. The predicted molar refractivity (Wildman–Crippen MR) is 51.0 cm³/mol. The van der Waals surface area contributed by atoms with Gasteiger partial charge >= 0.3 is 0 Å². The van der Waals surface area contributed by atoms with E-state index in [9.17, 15) is 5.11 Å². The van der Waals surface area contributed by atoms with Crippen molar-refractivity contribution < 1.29 is 9.84 Å². The maximum absolute atomic E-state index is 9.52. The molecule has 1 aliphatic rings. The van der Waals surface area contributed by atoms with Crippen molar-refractivity contribution in [1.29, 1.82) is 0 Å². The van der Waals surface area contributed by atoms with Crippen LogP contribution in [-0.2, 0) is 6.42 Å². The fraction of sp³-hybridized carbons (Fsp3) is 0.273. The third kappa shape index (κ3) is 1.28. The maximum atomic E-state index is 9.52. The van der Waals surface area contributed by atoms with Crippen LogP contribution in [0.1, 0.15) is 12.5 Å². The van der Waals surface area contributed by atoms with E-state index in [4.69, 9.17) is 4.74 Å². The molecule has 1 atom stereocenters. The van der Waals surface area contributed by atoms with Gasteiger partial charge in [-0.3, -0.25) is 0 Å². The van der Waals surface area contributed by atoms with Crippen molar-refractivity contribution in [3.05, 3.63) is 35.9 Å². The Kier molecular flexibility index (Phi) is 1.76. The summed E-state index contributed by atoms with van der Waals surface area (Å²) in [6, 6.07) is 5.34. The van der Waals surface area contributed by atoms with Gasteiger partial charge in [0, 0.05) is 12.0 Å². The summed E-state index contributed by atoms with van der Waals surface area (Å²) in [5, 5.41) is 9.52. The Morgan fingerprint density at radius 2 is 2.38 bits per heavy atom. The van der Waals surface area contributed by atoms with E-state index < -0.39 is 0 Å². The SMILES string of the molecule is C=C(C)[C@@H]1Cc2c(O)cccc2O1. The first kappa shape index (κ1) is 8.17. The highest BCUT2D eigenvalue weighted by Crippen LogP contribution is 2.36. The Morgan fingerprint density at radius 1 is 1.62 bits per heavy atom. The molecule has 0 aromatic heterocycles. The summed E-state index contributed by atoms with van der Waals surface area (Å²) in [6.07, 6.45) is 0.764. The lowest BCUT2D eigenvalue weighted by Gasteiger charge is -2.08. The number of hydrogen-bond donors (Lipinski definition) is 1. The number of aromatic hydroxyl groups is 1. The summed E-state index contributed by atoms with van der Waals surface area (Å²) in [7, 11) is 0. The first-order valence-corrected chi connectivity index (χ1v) is 4.31. The van der Waals surface area contributed by atoms with E-state index in [1.54, 1.807) is 12.1 Å². The number of hydrogen-bond acceptors (Lipinski definition) is 2. The van der Waals surface area contributed by atoms with Gasteiger partial charge in [0.1, 0.15) is 17.6 Å². The molecule has 2 rings (SSSR count). The lowest BCUT2D eigenvalue weighted by molar-refractivity contribution is 0.271. The molecule has 1 aromatic carbocycles. The molecule has 1 aliphatic heterocycles. The van der Waals surface area contributed by atoms with Crippen molar-refractivity contribution in [2.24, 2.45) is 0 Å². The summed E-state index contributed by atoms with van der Waals surface area (Å²) >= 11 is 0. The zero-order valence-corrected chi connectivity index (χ0v) is 7.58. The van der Waals surface area contributed by atoms with Gasteiger partial charge in [0.25, 0.3) is 0 Å². The van der Waals surface area contributed by atoms with Crippen LogP contribution in [0, 0.1) is 0 Å². The van der Waals surface area contributed by atoms with Gasteiger partial charge in [-0.1, -0.05) is 12.6 Å². The summed E-state index contributed by atoms with van der Waals surface area (Å²) < 4.78 is 5.59. The molecule has 1 aromatic rings. The van der Waals surface area contributed by atoms with Crippen LogP contribution in [0.25, 0.3) is 0 Å². The molecule has 0 unspecified atom stereocenters. The Morgan fingerprint density at radius 3 is 3.00 bits per heavy atom. The quantitative estimate of drug-likeness (QED) is 0.665. The highest BCUT2D eigenvalue weighted by Gasteiger charge is 2.25. The van der Waals surface area contributed by atoms with Crippen LogP contribution in [0.3, 0.4) is 0 Å². The normalized spacial score (nSPS) is 19.3. The van der Waals surface area contributed by atoms with Crippen molar-refractivity contribution >= 4 is 0 Å². The molecule has 0 amide bonds. The highest BCUT2D eigenvalue weighted by atomic mass is 16.5. The predicted octanol–water partition coefficient (Wildman–Crippen LogP) is 2.27. The average molecular weight is 176 g/mol. The minimum absolute atomic E-state index is 0.0308. The Balaban J connectivity index is 2.35. The largest absolute Gasteiger partial charge is 0.508 e. The van der Waals surface area contributed by atoms with E-state index in [-0.39, 0.29) is 6.10 Å². The maximum Gasteiger partial charge on any atom is 0.127 e. The van der Waals surface area contributed by atoms with Gasteiger partial charge in [0.05, 0.1) is 0 Å². The third-order valence-corrected chi connectivity index (χ3v) is 2.32. The van der Waals surface area contributed by atoms with Crippen molar-refractivity contribution in [3.63, 3.8) is 0 Å². The van der Waals surface area contributed by atoms with Gasteiger partial charge in [0.2, 0.25) is 0 Å². The summed E-state index contributed by atoms with van der Waals surface area (Å²) in [4.78, 5) is 0. The summed E-state index contributed by atoms with van der Waals surface area (Å²) in [6.45, 7) is 5.78. The Hall–Kier alpha value is -1.44. The molecule has 0 fully saturated rings. The summed E-state index contributed by atoms with van der Waals surface area (Å²) in [5.41, 5.74) is 1.89. The lowest BCUT2D eigenvalue weighted by Crippen LogP contribution is -2.13. The summed E-state index contributed by atoms with van der Waals surface area (Å²) in [5.74, 6) is 1.11. The van der Waals surface area contributed by atoms with E-state index in [1.807, 2.05) is 13.0 Å². The molecule has 1 N–H and O–H groups in total. The van der Waals surface area contributed by atoms with Crippen LogP contribution in [-0.4, -0.2) is 11.2 Å². The molecular formula is C11H12O2. The number of fused-ring (bicyclic) bond motifs is 1. The standard InChI is InChI=1S/C11H12O2/c1-7(2)11-6-8-9(12)4-3-5-10(8)13-11/h3-5,11-12H,1,6H2,2H3/t11-/m0/s1. The van der Waals surface area contributed by atoms with E-state index >= 15 is 0 Å². The molecule has 1 heterocycles. The van der Waals surface area contributed by atoms with Crippen molar-refractivity contribution in [1.82, 2.24) is 0 Å². The van der Waals surface area contributed by atoms with Gasteiger partial charge in [-0.05, 0) is 24.6 Å². The highest BCUT2D eigenvalue weighted by molar-refractivity contribution is 5.47. The van der Waals surface area contributed by atoms with E-state index in [1.165, 1.54) is 0 Å². The first-order valence-electron chi connectivity index (χ1n) is 4.31. The van der Waals surface area contributed by atoms with Crippen molar-refractivity contribution in [2.45, 2.75) is 19.4 Å². The van der Waals surface area contributed by atoms with Gasteiger partial charge < -0.3 is 9.84 Å². The number of phenolic OH excluding ortho intramolecular Hbond substituents is 1. The van der Waals surface area contributed by atoms with Crippen LogP contribution in [0.4, 0.5) is 0 Å². The van der Waals surface area contributed by atoms with Crippen LogP contribution < -0.4 is 4.74 Å². The van der Waals surface area contributed by atoms with Gasteiger partial charge in [-0.2, -0.15) is 0 Å². The molecule has 13 heavy (non-hydrogen) atoms. The molecule has 68 valence electrons. The number of ether oxygens (including phenoxy) is 1. The molecule has 2 heteroatoms. The lowest BCUT2D eigenvalue weighted by atomic mass is 10.1. The first-order chi connectivity index (χ1) is 6.18. The second-order valence-corrected chi connectivity index (χ2v) is 3.41. The van der Waals surface area contributed by atoms with E-state index in [0.717, 1.165) is 23.3 Å². The fourth-order valence-electron chi connectivity index (χ4n) is 1.52. The molecule has 0 spiro atoms.